The van der Waals surface area contributed by atoms with Crippen LogP contribution in [0.4, 0.5) is 0 Å². The molecule has 1 amide bonds. The normalized spacial score (nSPS) is 17.2. The largest absolute Gasteiger partial charge is 0.508 e. The second kappa shape index (κ2) is 8.92. The molecule has 8 heteroatoms. The van der Waals surface area contributed by atoms with Crippen molar-refractivity contribution in [3.8, 4) is 5.75 Å². The Hall–Kier alpha value is -2.12. The van der Waals surface area contributed by atoms with E-state index in [1.165, 1.54) is 12.8 Å². The molecule has 1 aliphatic carbocycles. The van der Waals surface area contributed by atoms with Gasteiger partial charge in [0.15, 0.2) is 5.69 Å². The van der Waals surface area contributed by atoms with E-state index in [9.17, 15) is 9.90 Å². The molecule has 0 spiro atoms. The minimum atomic E-state index is -0.0667. The summed E-state index contributed by atoms with van der Waals surface area (Å²) in [5.74, 6) is 0.730. The second-order valence-corrected chi connectivity index (χ2v) is 7.75. The number of rotatable bonds is 6. The van der Waals surface area contributed by atoms with Gasteiger partial charge in [-0.3, -0.25) is 4.79 Å². The van der Waals surface area contributed by atoms with E-state index in [2.05, 4.69) is 15.6 Å². The quantitative estimate of drug-likeness (QED) is 0.772. The van der Waals surface area contributed by atoms with Crippen molar-refractivity contribution in [3.63, 3.8) is 0 Å². The number of halogens is 1. The standard InChI is InChI=1S/C20H27N5O2.ClH/c1-14-19(22-23-25(14)17-7-9-21-10-8-17)20(27)24(12-15-5-6-15)13-16-3-2-4-18(26)11-16;/h2-4,11,15,17,21,26H,5-10,12-13H2,1H3;1H. The highest BCUT2D eigenvalue weighted by Gasteiger charge is 2.30. The first-order valence-electron chi connectivity index (χ1n) is 9.81. The number of hydrogen-bond acceptors (Lipinski definition) is 5. The van der Waals surface area contributed by atoms with Gasteiger partial charge in [-0.15, -0.1) is 17.5 Å². The van der Waals surface area contributed by atoms with Crippen molar-refractivity contribution in [1.29, 1.82) is 0 Å². The molecule has 2 heterocycles. The van der Waals surface area contributed by atoms with Crippen molar-refractivity contribution < 1.29 is 9.90 Å². The Balaban J connectivity index is 0.00000225. The first kappa shape index (κ1) is 20.6. The van der Waals surface area contributed by atoms with Crippen molar-refractivity contribution in [3.05, 3.63) is 41.2 Å². The number of carbonyl (C=O) groups is 1. The summed E-state index contributed by atoms with van der Waals surface area (Å²) < 4.78 is 1.93. The predicted molar refractivity (Wildman–Crippen MR) is 109 cm³/mol. The van der Waals surface area contributed by atoms with Crippen LogP contribution in [0, 0.1) is 12.8 Å². The Morgan fingerprint density at radius 3 is 2.71 bits per heavy atom. The third-order valence-electron chi connectivity index (χ3n) is 5.53. The molecule has 0 atom stereocenters. The van der Waals surface area contributed by atoms with Gasteiger partial charge in [0.2, 0.25) is 0 Å². The molecule has 1 aliphatic heterocycles. The number of benzene rings is 1. The molecular formula is C20H28ClN5O2. The van der Waals surface area contributed by atoms with E-state index in [1.54, 1.807) is 12.1 Å². The fourth-order valence-electron chi connectivity index (χ4n) is 3.79. The van der Waals surface area contributed by atoms with Crippen LogP contribution in [0.2, 0.25) is 0 Å². The maximum Gasteiger partial charge on any atom is 0.276 e. The summed E-state index contributed by atoms with van der Waals surface area (Å²) in [6.07, 6.45) is 4.36. The zero-order valence-electron chi connectivity index (χ0n) is 16.2. The molecule has 2 N–H and O–H groups in total. The van der Waals surface area contributed by atoms with Crippen molar-refractivity contribution in [2.24, 2.45) is 5.92 Å². The van der Waals surface area contributed by atoms with E-state index in [0.717, 1.165) is 43.7 Å². The van der Waals surface area contributed by atoms with E-state index in [1.807, 2.05) is 28.6 Å². The number of aromatic hydroxyl groups is 1. The molecule has 1 aromatic carbocycles. The van der Waals surface area contributed by atoms with Crippen molar-refractivity contribution in [2.45, 2.75) is 45.2 Å². The van der Waals surface area contributed by atoms with E-state index in [0.29, 0.717) is 24.2 Å². The molecule has 28 heavy (non-hydrogen) atoms. The number of nitrogens with zero attached hydrogens (tertiary/aromatic N) is 4. The fourth-order valence-corrected chi connectivity index (χ4v) is 3.79. The number of phenols is 1. The van der Waals surface area contributed by atoms with Gasteiger partial charge >= 0.3 is 0 Å². The molecule has 2 aromatic rings. The average Bonchev–Trinajstić information content (AvgIpc) is 3.41. The number of hydrogen-bond donors (Lipinski definition) is 2. The van der Waals surface area contributed by atoms with Crippen molar-refractivity contribution in [2.75, 3.05) is 19.6 Å². The van der Waals surface area contributed by atoms with Gasteiger partial charge in [-0.2, -0.15) is 0 Å². The average molecular weight is 406 g/mol. The molecule has 4 rings (SSSR count). The molecule has 0 bridgehead atoms. The first-order valence-corrected chi connectivity index (χ1v) is 9.81. The van der Waals surface area contributed by atoms with Crippen LogP contribution in [0.25, 0.3) is 0 Å². The maximum atomic E-state index is 13.2. The van der Waals surface area contributed by atoms with Gasteiger partial charge < -0.3 is 15.3 Å². The molecule has 2 aliphatic rings. The lowest BCUT2D eigenvalue weighted by Gasteiger charge is -2.24. The number of phenolic OH excluding ortho intramolecular Hbond substituents is 1. The van der Waals surface area contributed by atoms with Gasteiger partial charge in [-0.25, -0.2) is 4.68 Å². The number of aromatic nitrogens is 3. The van der Waals surface area contributed by atoms with Crippen LogP contribution < -0.4 is 5.32 Å². The van der Waals surface area contributed by atoms with Gasteiger partial charge in [-0.1, -0.05) is 17.3 Å². The highest BCUT2D eigenvalue weighted by Crippen LogP contribution is 2.31. The second-order valence-electron chi connectivity index (χ2n) is 7.75. The number of nitrogens with one attached hydrogen (secondary N) is 1. The van der Waals surface area contributed by atoms with Gasteiger partial charge in [0, 0.05) is 13.1 Å². The Morgan fingerprint density at radius 1 is 1.29 bits per heavy atom. The van der Waals surface area contributed by atoms with Gasteiger partial charge in [0.25, 0.3) is 5.91 Å². The van der Waals surface area contributed by atoms with Crippen LogP contribution in [0.15, 0.2) is 24.3 Å². The van der Waals surface area contributed by atoms with Crippen molar-refractivity contribution in [1.82, 2.24) is 25.2 Å². The molecule has 152 valence electrons. The fraction of sp³-hybridized carbons (Fsp3) is 0.550. The number of piperidine rings is 1. The lowest BCUT2D eigenvalue weighted by molar-refractivity contribution is 0.0727. The molecular weight excluding hydrogens is 378 g/mol. The molecule has 1 saturated carbocycles. The maximum absolute atomic E-state index is 13.2. The zero-order valence-corrected chi connectivity index (χ0v) is 17.0. The molecule has 2 fully saturated rings. The van der Waals surface area contributed by atoms with Crippen LogP contribution in [0.3, 0.4) is 0 Å². The topological polar surface area (TPSA) is 83.3 Å². The van der Waals surface area contributed by atoms with Crippen molar-refractivity contribution >= 4 is 18.3 Å². The van der Waals surface area contributed by atoms with Gasteiger partial charge in [0.05, 0.1) is 11.7 Å². The summed E-state index contributed by atoms with van der Waals surface area (Å²) >= 11 is 0. The van der Waals surface area contributed by atoms with Gasteiger partial charge in [-0.05, 0) is 69.3 Å². The van der Waals surface area contributed by atoms with Crippen LogP contribution in [-0.2, 0) is 6.54 Å². The van der Waals surface area contributed by atoms with Crippen LogP contribution in [0.5, 0.6) is 5.75 Å². The Morgan fingerprint density at radius 2 is 2.04 bits per heavy atom. The number of amides is 1. The minimum absolute atomic E-state index is 0. The summed E-state index contributed by atoms with van der Waals surface area (Å²) in [7, 11) is 0. The Labute approximate surface area is 171 Å². The Kier molecular flexibility index (Phi) is 6.57. The third-order valence-corrected chi connectivity index (χ3v) is 5.53. The molecule has 0 radical (unpaired) electrons. The summed E-state index contributed by atoms with van der Waals surface area (Å²) in [4.78, 5) is 15.1. The van der Waals surface area contributed by atoms with Gasteiger partial charge in [0.1, 0.15) is 5.75 Å². The summed E-state index contributed by atoms with van der Waals surface area (Å²) in [6.45, 7) is 5.09. The van der Waals surface area contributed by atoms with E-state index < -0.39 is 0 Å². The minimum Gasteiger partial charge on any atom is -0.508 e. The zero-order chi connectivity index (χ0) is 18.8. The summed E-state index contributed by atoms with van der Waals surface area (Å²) in [6, 6.07) is 7.41. The molecule has 0 unspecified atom stereocenters. The highest BCUT2D eigenvalue weighted by molar-refractivity contribution is 5.93. The first-order chi connectivity index (χ1) is 13.1. The predicted octanol–water partition coefficient (Wildman–Crippen LogP) is 2.69. The highest BCUT2D eigenvalue weighted by atomic mass is 35.5. The van der Waals surface area contributed by atoms with E-state index >= 15 is 0 Å². The van der Waals surface area contributed by atoms with Crippen LogP contribution in [0.1, 0.15) is 53.5 Å². The lowest BCUT2D eigenvalue weighted by atomic mass is 10.1. The van der Waals surface area contributed by atoms with E-state index in [4.69, 9.17) is 0 Å². The summed E-state index contributed by atoms with van der Waals surface area (Å²) in [5.41, 5.74) is 2.23. The Bertz CT molecular complexity index is 815. The SMILES string of the molecule is Cc1c(C(=O)N(Cc2cccc(O)c2)CC2CC2)nnn1C1CCNCC1.Cl. The van der Waals surface area contributed by atoms with Crippen LogP contribution >= 0.6 is 12.4 Å². The number of carbonyl (C=O) groups excluding carboxylic acids is 1. The smallest absolute Gasteiger partial charge is 0.276 e. The monoisotopic (exact) mass is 405 g/mol. The third kappa shape index (κ3) is 4.64. The molecule has 7 nitrogen and oxygen atoms in total. The molecule has 1 aromatic heterocycles. The summed E-state index contributed by atoms with van der Waals surface area (Å²) in [5, 5.41) is 21.6. The van der Waals surface area contributed by atoms with Crippen LogP contribution in [-0.4, -0.2) is 50.5 Å². The van der Waals surface area contributed by atoms with E-state index in [-0.39, 0.29) is 24.1 Å². The molecule has 1 saturated heterocycles. The lowest BCUT2D eigenvalue weighted by Crippen LogP contribution is -2.33.